The molecule has 0 saturated heterocycles. The highest BCUT2D eigenvalue weighted by molar-refractivity contribution is 5.79. The number of pyridine rings is 1. The maximum atomic E-state index is 13.0. The average molecular weight is 330 g/mol. The van der Waals surface area contributed by atoms with Crippen molar-refractivity contribution in [1.29, 1.82) is 0 Å². The SMILES string of the molecule is Cc1nc2c(-c3ccccc3)c(C)[nH]n2c(=O)c1Cc1ccncc1. The molecule has 5 heteroatoms. The van der Waals surface area contributed by atoms with Gasteiger partial charge in [-0.1, -0.05) is 30.3 Å². The highest BCUT2D eigenvalue weighted by atomic mass is 16.1. The third-order valence-electron chi connectivity index (χ3n) is 4.45. The van der Waals surface area contributed by atoms with E-state index in [0.29, 0.717) is 17.6 Å². The molecule has 0 spiro atoms. The van der Waals surface area contributed by atoms with Gasteiger partial charge in [0.15, 0.2) is 5.65 Å². The first-order valence-corrected chi connectivity index (χ1v) is 8.20. The normalized spacial score (nSPS) is 11.1. The summed E-state index contributed by atoms with van der Waals surface area (Å²) in [5, 5.41) is 3.18. The molecule has 0 saturated carbocycles. The first kappa shape index (κ1) is 15.3. The van der Waals surface area contributed by atoms with Gasteiger partial charge in [-0.25, -0.2) is 9.50 Å². The van der Waals surface area contributed by atoms with Crippen LogP contribution in [-0.2, 0) is 6.42 Å². The summed E-state index contributed by atoms with van der Waals surface area (Å²) in [4.78, 5) is 21.8. The molecule has 1 aromatic carbocycles. The standard InChI is InChI=1S/C20H18N4O/c1-13-17(12-15-8-10-21-11-9-15)20(25)24-19(22-13)18(14(2)23-24)16-6-4-3-5-7-16/h3-11,23H,12H2,1-2H3. The molecule has 3 heterocycles. The summed E-state index contributed by atoms with van der Waals surface area (Å²) in [7, 11) is 0. The molecule has 0 unspecified atom stereocenters. The molecule has 0 aliphatic rings. The van der Waals surface area contributed by atoms with Crippen molar-refractivity contribution in [3.05, 3.63) is 87.7 Å². The van der Waals surface area contributed by atoms with Crippen molar-refractivity contribution in [2.45, 2.75) is 20.3 Å². The van der Waals surface area contributed by atoms with Crippen molar-refractivity contribution < 1.29 is 0 Å². The van der Waals surface area contributed by atoms with E-state index < -0.39 is 0 Å². The van der Waals surface area contributed by atoms with Gasteiger partial charge in [0.05, 0.1) is 0 Å². The van der Waals surface area contributed by atoms with E-state index in [1.165, 1.54) is 0 Å². The fraction of sp³-hybridized carbons (Fsp3) is 0.150. The van der Waals surface area contributed by atoms with Crippen LogP contribution in [0.15, 0.2) is 59.7 Å². The number of fused-ring (bicyclic) bond motifs is 1. The quantitative estimate of drug-likeness (QED) is 0.627. The summed E-state index contributed by atoms with van der Waals surface area (Å²) in [5.74, 6) is 0. The molecule has 0 radical (unpaired) electrons. The molecule has 25 heavy (non-hydrogen) atoms. The Labute approximate surface area is 145 Å². The van der Waals surface area contributed by atoms with Crippen LogP contribution >= 0.6 is 0 Å². The number of benzene rings is 1. The van der Waals surface area contributed by atoms with Crippen molar-refractivity contribution in [2.24, 2.45) is 0 Å². The zero-order valence-corrected chi connectivity index (χ0v) is 14.2. The van der Waals surface area contributed by atoms with Gasteiger partial charge in [0.25, 0.3) is 5.56 Å². The summed E-state index contributed by atoms with van der Waals surface area (Å²) in [6, 6.07) is 13.9. The van der Waals surface area contributed by atoms with E-state index in [1.807, 2.05) is 56.3 Å². The molecule has 1 N–H and O–H groups in total. The molecule has 0 atom stereocenters. The van der Waals surface area contributed by atoms with Crippen molar-refractivity contribution in [3.63, 3.8) is 0 Å². The van der Waals surface area contributed by atoms with Crippen LogP contribution in [0.3, 0.4) is 0 Å². The van der Waals surface area contributed by atoms with Crippen molar-refractivity contribution in [1.82, 2.24) is 19.6 Å². The Hall–Kier alpha value is -3.21. The minimum atomic E-state index is -0.0513. The van der Waals surface area contributed by atoms with Crippen LogP contribution in [0.1, 0.15) is 22.5 Å². The Morgan fingerprint density at radius 3 is 2.48 bits per heavy atom. The third kappa shape index (κ3) is 2.63. The minimum Gasteiger partial charge on any atom is -0.293 e. The van der Waals surface area contributed by atoms with E-state index in [9.17, 15) is 4.79 Å². The van der Waals surface area contributed by atoms with Crippen LogP contribution in [0.4, 0.5) is 0 Å². The predicted molar refractivity (Wildman–Crippen MR) is 97.8 cm³/mol. The van der Waals surface area contributed by atoms with E-state index in [2.05, 4.69) is 10.1 Å². The Bertz CT molecular complexity index is 1100. The van der Waals surface area contributed by atoms with Gasteiger partial charge in [0.2, 0.25) is 0 Å². The van der Waals surface area contributed by atoms with Gasteiger partial charge in [0.1, 0.15) is 0 Å². The molecule has 0 aliphatic carbocycles. The molecule has 3 aromatic heterocycles. The number of aromatic amines is 1. The number of aromatic nitrogens is 4. The largest absolute Gasteiger partial charge is 0.293 e. The van der Waals surface area contributed by atoms with E-state index in [4.69, 9.17) is 4.98 Å². The first-order chi connectivity index (χ1) is 12.1. The van der Waals surface area contributed by atoms with E-state index in [-0.39, 0.29) is 5.56 Å². The van der Waals surface area contributed by atoms with Crippen LogP contribution in [0.5, 0.6) is 0 Å². The lowest BCUT2D eigenvalue weighted by Crippen LogP contribution is -2.22. The lowest BCUT2D eigenvalue weighted by Gasteiger charge is -2.06. The van der Waals surface area contributed by atoms with Gasteiger partial charge in [-0.2, -0.15) is 0 Å². The molecule has 4 rings (SSSR count). The molecule has 5 nitrogen and oxygen atoms in total. The topological polar surface area (TPSA) is 63.1 Å². The molecule has 4 aromatic rings. The Balaban J connectivity index is 1.91. The fourth-order valence-corrected chi connectivity index (χ4v) is 3.18. The van der Waals surface area contributed by atoms with Gasteiger partial charge < -0.3 is 0 Å². The summed E-state index contributed by atoms with van der Waals surface area (Å²) in [6.45, 7) is 3.86. The van der Waals surface area contributed by atoms with E-state index in [0.717, 1.165) is 28.1 Å². The number of hydrogen-bond acceptors (Lipinski definition) is 3. The molecule has 0 fully saturated rings. The molecular weight excluding hydrogens is 312 g/mol. The first-order valence-electron chi connectivity index (χ1n) is 8.20. The van der Waals surface area contributed by atoms with Gasteiger partial charge in [-0.3, -0.25) is 14.9 Å². The van der Waals surface area contributed by atoms with Gasteiger partial charge in [-0.05, 0) is 37.1 Å². The molecule has 0 aliphatic heterocycles. The molecule has 124 valence electrons. The van der Waals surface area contributed by atoms with E-state index in [1.54, 1.807) is 16.9 Å². The van der Waals surface area contributed by atoms with Gasteiger partial charge in [0, 0.05) is 41.3 Å². The maximum absolute atomic E-state index is 13.0. The Morgan fingerprint density at radius 2 is 1.76 bits per heavy atom. The number of nitrogens with zero attached hydrogens (tertiary/aromatic N) is 3. The lowest BCUT2D eigenvalue weighted by atomic mass is 10.0. The number of aryl methyl sites for hydroxylation is 2. The monoisotopic (exact) mass is 330 g/mol. The van der Waals surface area contributed by atoms with Crippen LogP contribution < -0.4 is 5.56 Å². The van der Waals surface area contributed by atoms with Crippen LogP contribution in [0.25, 0.3) is 16.8 Å². The third-order valence-corrected chi connectivity index (χ3v) is 4.45. The second kappa shape index (κ2) is 6.02. The second-order valence-corrected chi connectivity index (χ2v) is 6.15. The van der Waals surface area contributed by atoms with E-state index >= 15 is 0 Å². The lowest BCUT2D eigenvalue weighted by molar-refractivity contribution is 0.847. The average Bonchev–Trinajstić information content (AvgIpc) is 2.96. The van der Waals surface area contributed by atoms with Gasteiger partial charge in [-0.15, -0.1) is 0 Å². The number of H-pyrrole nitrogens is 1. The fourth-order valence-electron chi connectivity index (χ4n) is 3.18. The molecular formula is C20H18N4O. The van der Waals surface area contributed by atoms with Crippen LogP contribution in [0, 0.1) is 13.8 Å². The highest BCUT2D eigenvalue weighted by Crippen LogP contribution is 2.26. The van der Waals surface area contributed by atoms with Crippen LogP contribution in [-0.4, -0.2) is 19.6 Å². The zero-order valence-electron chi connectivity index (χ0n) is 14.2. The number of hydrogen-bond donors (Lipinski definition) is 1. The second-order valence-electron chi connectivity index (χ2n) is 6.15. The zero-order chi connectivity index (χ0) is 17.4. The summed E-state index contributed by atoms with van der Waals surface area (Å²) >= 11 is 0. The summed E-state index contributed by atoms with van der Waals surface area (Å²) < 4.78 is 1.56. The number of nitrogens with one attached hydrogen (secondary N) is 1. The van der Waals surface area contributed by atoms with Gasteiger partial charge >= 0.3 is 0 Å². The van der Waals surface area contributed by atoms with Crippen molar-refractivity contribution in [3.8, 4) is 11.1 Å². The Kier molecular flexibility index (Phi) is 3.69. The Morgan fingerprint density at radius 1 is 1.04 bits per heavy atom. The number of rotatable bonds is 3. The smallest absolute Gasteiger partial charge is 0.276 e. The van der Waals surface area contributed by atoms with Crippen molar-refractivity contribution in [2.75, 3.05) is 0 Å². The minimum absolute atomic E-state index is 0.0513. The molecule has 0 amide bonds. The van der Waals surface area contributed by atoms with Crippen LogP contribution in [0.2, 0.25) is 0 Å². The molecule has 0 bridgehead atoms. The summed E-state index contributed by atoms with van der Waals surface area (Å²) in [5.41, 5.74) is 6.07. The summed E-state index contributed by atoms with van der Waals surface area (Å²) in [6.07, 6.45) is 4.02. The van der Waals surface area contributed by atoms with Crippen molar-refractivity contribution >= 4 is 5.65 Å². The predicted octanol–water partition coefficient (Wildman–Crippen LogP) is 3.29. The maximum Gasteiger partial charge on any atom is 0.276 e. The highest BCUT2D eigenvalue weighted by Gasteiger charge is 2.17.